The first kappa shape index (κ1) is 17.1. The lowest BCUT2D eigenvalue weighted by Gasteiger charge is -2.15. The Morgan fingerprint density at radius 3 is 2.62 bits per heavy atom. The molecule has 1 N–H and O–H groups in total. The van der Waals surface area contributed by atoms with Crippen LogP contribution in [0.2, 0.25) is 0 Å². The van der Waals surface area contributed by atoms with E-state index < -0.39 is 0 Å². The molecule has 1 saturated carbocycles. The van der Waals surface area contributed by atoms with Gasteiger partial charge in [0.1, 0.15) is 11.4 Å². The van der Waals surface area contributed by atoms with Gasteiger partial charge in [-0.15, -0.1) is 11.3 Å². The highest BCUT2D eigenvalue weighted by Crippen LogP contribution is 2.26. The van der Waals surface area contributed by atoms with Crippen LogP contribution in [0, 0.1) is 0 Å². The Kier molecular flexibility index (Phi) is 4.93. The predicted molar refractivity (Wildman–Crippen MR) is 104 cm³/mol. The summed E-state index contributed by atoms with van der Waals surface area (Å²) >= 11 is 1.50. The first-order valence-electron chi connectivity index (χ1n) is 9.16. The predicted octanol–water partition coefficient (Wildman–Crippen LogP) is 4.52. The van der Waals surface area contributed by atoms with Crippen LogP contribution in [0.3, 0.4) is 0 Å². The third-order valence-electron chi connectivity index (χ3n) is 5.02. The first-order valence-corrected chi connectivity index (χ1v) is 10.0. The number of imidazole rings is 1. The summed E-state index contributed by atoms with van der Waals surface area (Å²) in [5, 5.41) is 5.12. The maximum absolute atomic E-state index is 12.8. The molecule has 6 heteroatoms. The molecule has 2 aromatic heterocycles. The molecule has 1 aliphatic rings. The molecule has 0 spiro atoms. The van der Waals surface area contributed by atoms with E-state index in [-0.39, 0.29) is 5.91 Å². The fourth-order valence-electron chi connectivity index (χ4n) is 3.53. The Bertz CT molecular complexity index is 890. The van der Waals surface area contributed by atoms with Crippen molar-refractivity contribution in [2.24, 2.45) is 0 Å². The third-order valence-corrected chi connectivity index (χ3v) is 5.86. The topological polar surface area (TPSA) is 55.6 Å². The highest BCUT2D eigenvalue weighted by atomic mass is 32.1. The number of nitrogens with zero attached hydrogens (tertiary/aromatic N) is 2. The van der Waals surface area contributed by atoms with Crippen molar-refractivity contribution < 1.29 is 9.53 Å². The second-order valence-electron chi connectivity index (χ2n) is 6.79. The zero-order chi connectivity index (χ0) is 17.9. The summed E-state index contributed by atoms with van der Waals surface area (Å²) in [6, 6.07) is 8.10. The van der Waals surface area contributed by atoms with Crippen LogP contribution in [0.1, 0.15) is 49.0 Å². The van der Waals surface area contributed by atoms with Gasteiger partial charge in [-0.1, -0.05) is 25.7 Å². The van der Waals surface area contributed by atoms with Crippen molar-refractivity contribution in [1.29, 1.82) is 0 Å². The summed E-state index contributed by atoms with van der Waals surface area (Å²) in [5.74, 6) is 0.820. The van der Waals surface area contributed by atoms with Crippen LogP contribution in [0.25, 0.3) is 16.2 Å². The van der Waals surface area contributed by atoms with Crippen LogP contribution in [0.5, 0.6) is 5.75 Å². The number of thiazole rings is 1. The molecular formula is C20H23N3O2S. The van der Waals surface area contributed by atoms with Crippen LogP contribution >= 0.6 is 11.3 Å². The van der Waals surface area contributed by atoms with Gasteiger partial charge in [0.15, 0.2) is 4.96 Å². The summed E-state index contributed by atoms with van der Waals surface area (Å²) in [5.41, 5.74) is 2.54. The van der Waals surface area contributed by atoms with Gasteiger partial charge in [0.25, 0.3) is 5.91 Å². The van der Waals surface area contributed by atoms with Gasteiger partial charge in [-0.05, 0) is 37.1 Å². The molecule has 5 nitrogen and oxygen atoms in total. The van der Waals surface area contributed by atoms with Crippen molar-refractivity contribution in [2.45, 2.75) is 44.6 Å². The van der Waals surface area contributed by atoms with Gasteiger partial charge in [0.2, 0.25) is 0 Å². The Labute approximate surface area is 157 Å². The number of ether oxygens (including phenoxy) is 1. The fraction of sp³-hybridized carbons (Fsp3) is 0.400. The third kappa shape index (κ3) is 3.46. The van der Waals surface area contributed by atoms with E-state index in [0.29, 0.717) is 11.7 Å². The number of carbonyl (C=O) groups is 1. The smallest absolute Gasteiger partial charge is 0.269 e. The minimum Gasteiger partial charge on any atom is -0.497 e. The second kappa shape index (κ2) is 7.50. The van der Waals surface area contributed by atoms with Gasteiger partial charge in [-0.25, -0.2) is 4.98 Å². The lowest BCUT2D eigenvalue weighted by atomic mass is 10.1. The molecule has 136 valence electrons. The lowest BCUT2D eigenvalue weighted by molar-refractivity contribution is 0.0927. The Morgan fingerprint density at radius 2 is 1.92 bits per heavy atom. The Balaban J connectivity index is 1.56. The second-order valence-corrected chi connectivity index (χ2v) is 7.63. The molecule has 0 saturated heterocycles. The quantitative estimate of drug-likeness (QED) is 0.688. The van der Waals surface area contributed by atoms with Gasteiger partial charge in [-0.2, -0.15) is 0 Å². The molecule has 0 radical (unpaired) electrons. The van der Waals surface area contributed by atoms with E-state index in [1.807, 2.05) is 40.2 Å². The number of fused-ring (bicyclic) bond motifs is 1. The molecule has 2 heterocycles. The lowest BCUT2D eigenvalue weighted by Crippen LogP contribution is -2.34. The molecule has 4 rings (SSSR count). The van der Waals surface area contributed by atoms with Crippen LogP contribution in [-0.2, 0) is 0 Å². The highest BCUT2D eigenvalue weighted by Gasteiger charge is 2.19. The summed E-state index contributed by atoms with van der Waals surface area (Å²) in [6.07, 6.45) is 9.08. The van der Waals surface area contributed by atoms with Crippen LogP contribution in [0.15, 0.2) is 35.8 Å². The molecule has 1 aliphatic carbocycles. The number of carbonyl (C=O) groups excluding carboxylic acids is 1. The maximum Gasteiger partial charge on any atom is 0.269 e. The van der Waals surface area contributed by atoms with Gasteiger partial charge in [0.05, 0.1) is 12.8 Å². The fourth-order valence-corrected chi connectivity index (χ4v) is 4.38. The zero-order valence-corrected chi connectivity index (χ0v) is 15.7. The molecule has 1 amide bonds. The standard InChI is InChI=1S/C20H23N3O2S/c1-25-16-10-8-14(9-11-16)17-12-23-18(13-26-20(23)22-17)19(24)21-15-6-4-2-3-5-7-15/h8-13,15H,2-7H2,1H3,(H,21,24). The molecule has 0 atom stereocenters. The average Bonchev–Trinajstić information content (AvgIpc) is 3.15. The van der Waals surface area contributed by atoms with Crippen molar-refractivity contribution in [3.63, 3.8) is 0 Å². The van der Waals surface area contributed by atoms with Gasteiger partial charge < -0.3 is 10.1 Å². The van der Waals surface area contributed by atoms with Crippen LogP contribution < -0.4 is 10.1 Å². The molecular weight excluding hydrogens is 346 g/mol. The highest BCUT2D eigenvalue weighted by molar-refractivity contribution is 7.15. The van der Waals surface area contributed by atoms with Crippen molar-refractivity contribution >= 4 is 22.2 Å². The number of methoxy groups -OCH3 is 1. The maximum atomic E-state index is 12.8. The normalized spacial score (nSPS) is 15.7. The average molecular weight is 369 g/mol. The summed E-state index contributed by atoms with van der Waals surface area (Å²) in [6.45, 7) is 0. The van der Waals surface area contributed by atoms with E-state index >= 15 is 0 Å². The molecule has 26 heavy (non-hydrogen) atoms. The number of hydrogen-bond acceptors (Lipinski definition) is 4. The van der Waals surface area contributed by atoms with Gasteiger partial charge in [0, 0.05) is 23.2 Å². The number of amides is 1. The van der Waals surface area contributed by atoms with Crippen molar-refractivity contribution in [3.8, 4) is 17.0 Å². The molecule has 3 aromatic rings. The van der Waals surface area contributed by atoms with E-state index in [0.717, 1.165) is 34.8 Å². The van der Waals surface area contributed by atoms with Crippen molar-refractivity contribution in [1.82, 2.24) is 14.7 Å². The SMILES string of the molecule is COc1ccc(-c2cn3c(C(=O)NC4CCCCCC4)csc3n2)cc1. The van der Waals surface area contributed by atoms with Gasteiger partial charge >= 0.3 is 0 Å². The van der Waals surface area contributed by atoms with E-state index in [9.17, 15) is 4.79 Å². The molecule has 0 unspecified atom stereocenters. The summed E-state index contributed by atoms with van der Waals surface area (Å²) < 4.78 is 7.10. The number of benzene rings is 1. The van der Waals surface area contributed by atoms with E-state index in [4.69, 9.17) is 4.74 Å². The molecule has 0 aliphatic heterocycles. The minimum atomic E-state index is 0.00170. The zero-order valence-electron chi connectivity index (χ0n) is 14.9. The largest absolute Gasteiger partial charge is 0.497 e. The number of aromatic nitrogens is 2. The molecule has 1 aromatic carbocycles. The van der Waals surface area contributed by atoms with Crippen LogP contribution in [-0.4, -0.2) is 28.4 Å². The molecule has 1 fully saturated rings. The Hall–Kier alpha value is -2.34. The van der Waals surface area contributed by atoms with Gasteiger partial charge in [-0.3, -0.25) is 9.20 Å². The molecule has 0 bridgehead atoms. The monoisotopic (exact) mass is 369 g/mol. The van der Waals surface area contributed by atoms with Crippen molar-refractivity contribution in [2.75, 3.05) is 7.11 Å². The number of nitrogens with one attached hydrogen (secondary N) is 1. The number of rotatable bonds is 4. The summed E-state index contributed by atoms with van der Waals surface area (Å²) in [4.78, 5) is 18.3. The van der Waals surface area contributed by atoms with E-state index in [1.54, 1.807) is 7.11 Å². The van der Waals surface area contributed by atoms with Crippen LogP contribution in [0.4, 0.5) is 0 Å². The minimum absolute atomic E-state index is 0.00170. The van der Waals surface area contributed by atoms with E-state index in [1.165, 1.54) is 37.0 Å². The summed E-state index contributed by atoms with van der Waals surface area (Å²) in [7, 11) is 1.65. The first-order chi connectivity index (χ1) is 12.7. The number of hydrogen-bond donors (Lipinski definition) is 1. The Morgan fingerprint density at radius 1 is 1.19 bits per heavy atom. The van der Waals surface area contributed by atoms with E-state index in [2.05, 4.69) is 10.3 Å². The van der Waals surface area contributed by atoms with Crippen molar-refractivity contribution in [3.05, 3.63) is 41.5 Å².